The van der Waals surface area contributed by atoms with Crippen molar-refractivity contribution < 1.29 is 0 Å². The number of nitrogens with one attached hydrogen (secondary N) is 1. The summed E-state index contributed by atoms with van der Waals surface area (Å²) in [6, 6.07) is 15.7. The van der Waals surface area contributed by atoms with E-state index in [9.17, 15) is 0 Å². The lowest BCUT2D eigenvalue weighted by Crippen LogP contribution is -2.07. The lowest BCUT2D eigenvalue weighted by Gasteiger charge is -2.08. The summed E-state index contributed by atoms with van der Waals surface area (Å²) in [5.74, 6) is 0.654. The molecule has 1 aromatic heterocycles. The Morgan fingerprint density at radius 3 is 2.74 bits per heavy atom. The normalized spacial score (nSPS) is 17.9. The standard InChI is InChI=1S/C21H24N2/c1-15-7-8-17(11-16(15)2)13-23-14-20(18-9-10-22-12-18)19-5-3-4-6-21(19)23/h3-8,11,14,18,22H,9-10,12-13H2,1-2H3. The molecule has 0 saturated carbocycles. The highest BCUT2D eigenvalue weighted by molar-refractivity contribution is 5.84. The van der Waals surface area contributed by atoms with Gasteiger partial charge < -0.3 is 9.88 Å². The summed E-state index contributed by atoms with van der Waals surface area (Å²) in [4.78, 5) is 0. The zero-order valence-corrected chi connectivity index (χ0v) is 14.0. The molecule has 3 aromatic rings. The van der Waals surface area contributed by atoms with Gasteiger partial charge >= 0.3 is 0 Å². The number of hydrogen-bond acceptors (Lipinski definition) is 1. The van der Waals surface area contributed by atoms with Gasteiger partial charge in [-0.3, -0.25) is 0 Å². The number of nitrogens with zero attached hydrogens (tertiary/aromatic N) is 1. The molecule has 118 valence electrons. The molecule has 0 aliphatic carbocycles. The molecule has 2 aromatic carbocycles. The second-order valence-corrected chi connectivity index (χ2v) is 6.84. The minimum Gasteiger partial charge on any atom is -0.343 e. The van der Waals surface area contributed by atoms with Crippen LogP contribution in [-0.2, 0) is 6.54 Å². The smallest absolute Gasteiger partial charge is 0.0486 e. The zero-order chi connectivity index (χ0) is 15.8. The van der Waals surface area contributed by atoms with Crippen LogP contribution in [-0.4, -0.2) is 17.7 Å². The molecule has 1 unspecified atom stereocenters. The molecule has 0 spiro atoms. The van der Waals surface area contributed by atoms with Gasteiger partial charge in [0.2, 0.25) is 0 Å². The molecule has 2 nitrogen and oxygen atoms in total. The molecule has 23 heavy (non-hydrogen) atoms. The van der Waals surface area contributed by atoms with Gasteiger partial charge in [0, 0.05) is 30.2 Å². The number of benzene rings is 2. The predicted octanol–water partition coefficient (Wildman–Crippen LogP) is 4.38. The molecule has 2 heteroatoms. The summed E-state index contributed by atoms with van der Waals surface area (Å²) in [5, 5.41) is 4.92. The molecule has 0 amide bonds. The monoisotopic (exact) mass is 304 g/mol. The van der Waals surface area contributed by atoms with E-state index in [0.29, 0.717) is 5.92 Å². The SMILES string of the molecule is Cc1ccc(Cn2cc(C3CCNC3)c3ccccc32)cc1C. The van der Waals surface area contributed by atoms with E-state index >= 15 is 0 Å². The summed E-state index contributed by atoms with van der Waals surface area (Å²) < 4.78 is 2.42. The highest BCUT2D eigenvalue weighted by atomic mass is 15.0. The third-order valence-corrected chi connectivity index (χ3v) is 5.24. The van der Waals surface area contributed by atoms with Crippen LogP contribution in [0.1, 0.15) is 34.6 Å². The van der Waals surface area contributed by atoms with Crippen LogP contribution in [0, 0.1) is 13.8 Å². The van der Waals surface area contributed by atoms with Crippen LogP contribution < -0.4 is 5.32 Å². The van der Waals surface area contributed by atoms with Gasteiger partial charge in [-0.1, -0.05) is 36.4 Å². The van der Waals surface area contributed by atoms with Crippen molar-refractivity contribution in [1.82, 2.24) is 9.88 Å². The van der Waals surface area contributed by atoms with E-state index in [4.69, 9.17) is 0 Å². The number of hydrogen-bond donors (Lipinski definition) is 1. The van der Waals surface area contributed by atoms with Gasteiger partial charge in [-0.15, -0.1) is 0 Å². The van der Waals surface area contributed by atoms with E-state index in [1.165, 1.54) is 39.6 Å². The Morgan fingerprint density at radius 2 is 1.96 bits per heavy atom. The summed E-state index contributed by atoms with van der Waals surface area (Å²) in [7, 11) is 0. The largest absolute Gasteiger partial charge is 0.343 e. The highest BCUT2D eigenvalue weighted by Crippen LogP contribution is 2.31. The maximum atomic E-state index is 3.50. The van der Waals surface area contributed by atoms with Gasteiger partial charge in [-0.05, 0) is 61.1 Å². The van der Waals surface area contributed by atoms with Crippen molar-refractivity contribution in [1.29, 1.82) is 0 Å². The van der Waals surface area contributed by atoms with Gasteiger partial charge in [0.05, 0.1) is 0 Å². The molecule has 1 atom stereocenters. The topological polar surface area (TPSA) is 17.0 Å². The Morgan fingerprint density at radius 1 is 1.09 bits per heavy atom. The van der Waals surface area contributed by atoms with Gasteiger partial charge in [0.1, 0.15) is 0 Å². The number of aryl methyl sites for hydroxylation is 2. The Labute approximate surface area is 138 Å². The van der Waals surface area contributed by atoms with E-state index in [2.05, 4.69) is 72.4 Å². The Balaban J connectivity index is 1.75. The van der Waals surface area contributed by atoms with Gasteiger partial charge in [0.15, 0.2) is 0 Å². The first-order chi connectivity index (χ1) is 11.2. The van der Waals surface area contributed by atoms with Gasteiger partial charge in [-0.25, -0.2) is 0 Å². The van der Waals surface area contributed by atoms with E-state index < -0.39 is 0 Å². The summed E-state index contributed by atoms with van der Waals surface area (Å²) in [6.45, 7) is 7.57. The van der Waals surface area contributed by atoms with Crippen LogP contribution >= 0.6 is 0 Å². The average Bonchev–Trinajstić information content (AvgIpc) is 3.19. The summed E-state index contributed by atoms with van der Waals surface area (Å²) in [6.07, 6.45) is 3.63. The van der Waals surface area contributed by atoms with E-state index in [1.807, 2.05) is 0 Å². The predicted molar refractivity (Wildman–Crippen MR) is 97.2 cm³/mol. The van der Waals surface area contributed by atoms with Gasteiger partial charge in [0.25, 0.3) is 0 Å². The fourth-order valence-corrected chi connectivity index (χ4v) is 3.75. The van der Waals surface area contributed by atoms with Crippen LogP contribution in [0.15, 0.2) is 48.7 Å². The van der Waals surface area contributed by atoms with Crippen molar-refractivity contribution in [2.75, 3.05) is 13.1 Å². The van der Waals surface area contributed by atoms with Crippen LogP contribution in [0.3, 0.4) is 0 Å². The third-order valence-electron chi connectivity index (χ3n) is 5.24. The maximum absolute atomic E-state index is 3.50. The molecule has 1 N–H and O–H groups in total. The molecular weight excluding hydrogens is 280 g/mol. The Kier molecular flexibility index (Phi) is 3.70. The fraction of sp³-hybridized carbons (Fsp3) is 0.333. The third kappa shape index (κ3) is 2.68. The molecule has 1 aliphatic rings. The van der Waals surface area contributed by atoms with Crippen molar-refractivity contribution in [3.63, 3.8) is 0 Å². The van der Waals surface area contributed by atoms with Crippen LogP contribution in [0.5, 0.6) is 0 Å². The van der Waals surface area contributed by atoms with Crippen LogP contribution in [0.4, 0.5) is 0 Å². The molecule has 0 radical (unpaired) electrons. The summed E-state index contributed by atoms with van der Waals surface area (Å²) in [5.41, 5.74) is 6.98. The fourth-order valence-electron chi connectivity index (χ4n) is 3.75. The minimum absolute atomic E-state index is 0.654. The zero-order valence-electron chi connectivity index (χ0n) is 14.0. The van der Waals surface area contributed by atoms with Crippen molar-refractivity contribution in [3.05, 3.63) is 70.9 Å². The van der Waals surface area contributed by atoms with Crippen molar-refractivity contribution in [2.24, 2.45) is 0 Å². The number of aromatic nitrogens is 1. The van der Waals surface area contributed by atoms with Crippen molar-refractivity contribution in [3.8, 4) is 0 Å². The van der Waals surface area contributed by atoms with E-state index in [-0.39, 0.29) is 0 Å². The van der Waals surface area contributed by atoms with E-state index in [1.54, 1.807) is 0 Å². The maximum Gasteiger partial charge on any atom is 0.0486 e. The number of fused-ring (bicyclic) bond motifs is 1. The molecule has 0 bridgehead atoms. The molecular formula is C21H24N2. The first kappa shape index (κ1) is 14.5. The first-order valence-corrected chi connectivity index (χ1v) is 8.57. The second kappa shape index (κ2) is 5.86. The average molecular weight is 304 g/mol. The minimum atomic E-state index is 0.654. The summed E-state index contributed by atoms with van der Waals surface area (Å²) >= 11 is 0. The molecule has 1 fully saturated rings. The molecule has 1 saturated heterocycles. The van der Waals surface area contributed by atoms with Gasteiger partial charge in [-0.2, -0.15) is 0 Å². The van der Waals surface area contributed by atoms with Crippen molar-refractivity contribution >= 4 is 10.9 Å². The highest BCUT2D eigenvalue weighted by Gasteiger charge is 2.21. The molecule has 4 rings (SSSR count). The first-order valence-electron chi connectivity index (χ1n) is 8.57. The second-order valence-electron chi connectivity index (χ2n) is 6.84. The molecule has 2 heterocycles. The molecule has 1 aliphatic heterocycles. The lowest BCUT2D eigenvalue weighted by atomic mass is 9.98. The van der Waals surface area contributed by atoms with Crippen LogP contribution in [0.2, 0.25) is 0 Å². The van der Waals surface area contributed by atoms with Crippen molar-refractivity contribution in [2.45, 2.75) is 32.7 Å². The Hall–Kier alpha value is -2.06. The quantitative estimate of drug-likeness (QED) is 0.759. The number of rotatable bonds is 3. The van der Waals surface area contributed by atoms with Crippen LogP contribution in [0.25, 0.3) is 10.9 Å². The lowest BCUT2D eigenvalue weighted by molar-refractivity contribution is 0.754. The van der Waals surface area contributed by atoms with E-state index in [0.717, 1.165) is 19.6 Å². The Bertz CT molecular complexity index is 838. The number of para-hydroxylation sites is 1.